The lowest BCUT2D eigenvalue weighted by Crippen LogP contribution is -2.44. The van der Waals surface area contributed by atoms with Crippen LogP contribution in [0.1, 0.15) is 0 Å². The van der Waals surface area contributed by atoms with Crippen LogP contribution in [0.5, 0.6) is 0 Å². The van der Waals surface area contributed by atoms with Crippen molar-refractivity contribution in [3.8, 4) is 22.8 Å². The van der Waals surface area contributed by atoms with E-state index in [1.165, 1.54) is 11.4 Å². The van der Waals surface area contributed by atoms with Gasteiger partial charge in [-0.05, 0) is 67.7 Å². The fourth-order valence-corrected chi connectivity index (χ4v) is 4.61. The van der Waals surface area contributed by atoms with Gasteiger partial charge in [-0.2, -0.15) is 0 Å². The van der Waals surface area contributed by atoms with Gasteiger partial charge in [-0.3, -0.25) is 0 Å². The zero-order valence-electron chi connectivity index (χ0n) is 21.5. The Morgan fingerprint density at radius 2 is 1.18 bits per heavy atom. The van der Waals surface area contributed by atoms with E-state index >= 15 is 0 Å². The molecule has 2 aromatic heterocycles. The monoisotopic (exact) mass is 595 g/mol. The second kappa shape index (κ2) is 12.9. The van der Waals surface area contributed by atoms with Gasteiger partial charge in [0, 0.05) is 62.8 Å². The molecule has 2 N–H and O–H groups in total. The van der Waals surface area contributed by atoms with E-state index in [2.05, 4.69) is 92.4 Å². The lowest BCUT2D eigenvalue weighted by molar-refractivity contribution is 0.313. The van der Waals surface area contributed by atoms with Crippen LogP contribution in [0, 0.1) is 0 Å². The highest BCUT2D eigenvalue weighted by Crippen LogP contribution is 2.28. The van der Waals surface area contributed by atoms with Gasteiger partial charge in [-0.25, -0.2) is 9.97 Å². The molecule has 0 radical (unpaired) electrons. The first-order valence-corrected chi connectivity index (χ1v) is 11.7. The van der Waals surface area contributed by atoms with Crippen molar-refractivity contribution in [3.05, 3.63) is 60.7 Å². The Hall–Kier alpha value is -2.68. The van der Waals surface area contributed by atoms with Crippen LogP contribution in [0.3, 0.4) is 0 Å². The molecule has 1 aliphatic rings. The summed E-state index contributed by atoms with van der Waals surface area (Å²) in [7, 11) is 6.27. The Bertz CT molecular complexity index is 1470. The molecule has 0 aliphatic carbocycles. The predicted molar refractivity (Wildman–Crippen MR) is 170 cm³/mol. The van der Waals surface area contributed by atoms with Gasteiger partial charge in [0.25, 0.3) is 0 Å². The molecule has 0 bridgehead atoms. The van der Waals surface area contributed by atoms with Crippen molar-refractivity contribution >= 4 is 83.1 Å². The van der Waals surface area contributed by atoms with Crippen LogP contribution in [-0.2, 0) is 0 Å². The fraction of sp³-hybridized carbons (Fsp3) is 0.259. The molecular formula is C27H33Cl4N7. The predicted octanol–water partition coefficient (Wildman–Crippen LogP) is 6.28. The summed E-state index contributed by atoms with van der Waals surface area (Å²) in [4.78, 5) is 23.6. The summed E-state index contributed by atoms with van der Waals surface area (Å²) in [6, 6.07) is 21.2. The third-order valence-electron chi connectivity index (χ3n) is 6.75. The number of aromatic amines is 2. The van der Waals surface area contributed by atoms with E-state index in [0.29, 0.717) is 0 Å². The molecule has 1 aliphatic heterocycles. The Morgan fingerprint density at radius 3 is 1.79 bits per heavy atom. The highest BCUT2D eigenvalue weighted by atomic mass is 35.5. The normalized spacial score (nSPS) is 13.3. The summed E-state index contributed by atoms with van der Waals surface area (Å²) in [6.45, 7) is 4.30. The topological polar surface area (TPSA) is 67.1 Å². The molecule has 0 unspecified atom stereocenters. The molecule has 0 spiro atoms. The van der Waals surface area contributed by atoms with Crippen molar-refractivity contribution in [2.24, 2.45) is 0 Å². The minimum Gasteiger partial charge on any atom is -0.378 e. The number of aromatic nitrogens is 4. The Kier molecular flexibility index (Phi) is 10.7. The van der Waals surface area contributed by atoms with Gasteiger partial charge in [0.1, 0.15) is 11.6 Å². The quantitative estimate of drug-likeness (QED) is 0.256. The first-order chi connectivity index (χ1) is 16.5. The number of nitrogens with one attached hydrogen (secondary N) is 2. The molecule has 3 aromatic carbocycles. The third-order valence-corrected chi connectivity index (χ3v) is 6.75. The van der Waals surface area contributed by atoms with Gasteiger partial charge in [-0.15, -0.1) is 49.6 Å². The maximum absolute atomic E-state index is 4.86. The van der Waals surface area contributed by atoms with Crippen LogP contribution in [0.15, 0.2) is 60.7 Å². The SMILES string of the molecule is CN1CCN(c2ccc3nc(-c4ccc5nc(-c6ccc(N(C)C)cc6)[nH]c5c4)[nH]c3c2)CC1.Cl.Cl.Cl.Cl. The van der Waals surface area contributed by atoms with Gasteiger partial charge < -0.3 is 24.7 Å². The number of fused-ring (bicyclic) bond motifs is 2. The molecule has 5 aromatic rings. The van der Waals surface area contributed by atoms with Crippen molar-refractivity contribution in [3.63, 3.8) is 0 Å². The molecule has 1 fully saturated rings. The number of anilines is 2. The highest BCUT2D eigenvalue weighted by molar-refractivity contribution is 5.87. The smallest absolute Gasteiger partial charge is 0.138 e. The summed E-state index contributed by atoms with van der Waals surface area (Å²) in [5.74, 6) is 1.75. The maximum atomic E-state index is 4.86. The largest absolute Gasteiger partial charge is 0.378 e. The number of H-pyrrole nitrogens is 2. The van der Waals surface area contributed by atoms with E-state index in [-0.39, 0.29) is 49.6 Å². The van der Waals surface area contributed by atoms with Crippen LogP contribution in [-0.4, -0.2) is 72.2 Å². The first-order valence-electron chi connectivity index (χ1n) is 11.7. The fourth-order valence-electron chi connectivity index (χ4n) is 4.61. The Balaban J connectivity index is 0.00000127. The number of nitrogens with zero attached hydrogens (tertiary/aromatic N) is 5. The molecule has 3 heterocycles. The third kappa shape index (κ3) is 6.14. The molecule has 0 amide bonds. The average Bonchev–Trinajstić information content (AvgIpc) is 3.48. The van der Waals surface area contributed by atoms with E-state index < -0.39 is 0 Å². The first kappa shape index (κ1) is 31.5. The van der Waals surface area contributed by atoms with Gasteiger partial charge in [0.05, 0.1) is 22.1 Å². The number of likely N-dealkylation sites (N-methyl/N-ethyl adjacent to an activating group) is 1. The molecule has 7 nitrogen and oxygen atoms in total. The van der Waals surface area contributed by atoms with Gasteiger partial charge >= 0.3 is 0 Å². The van der Waals surface area contributed by atoms with Crippen molar-refractivity contribution < 1.29 is 0 Å². The number of hydrogen-bond acceptors (Lipinski definition) is 5. The summed E-state index contributed by atoms with van der Waals surface area (Å²) in [5.41, 5.74) is 8.54. The number of rotatable bonds is 4. The second-order valence-corrected chi connectivity index (χ2v) is 9.34. The minimum atomic E-state index is 0. The van der Waals surface area contributed by atoms with Crippen molar-refractivity contribution in [1.82, 2.24) is 24.8 Å². The van der Waals surface area contributed by atoms with Crippen molar-refractivity contribution in [1.29, 1.82) is 0 Å². The summed E-state index contributed by atoms with van der Waals surface area (Å²) >= 11 is 0. The van der Waals surface area contributed by atoms with Crippen LogP contribution in [0.25, 0.3) is 44.8 Å². The van der Waals surface area contributed by atoms with Gasteiger partial charge in [-0.1, -0.05) is 0 Å². The minimum absolute atomic E-state index is 0. The zero-order valence-corrected chi connectivity index (χ0v) is 24.7. The van der Waals surface area contributed by atoms with Crippen molar-refractivity contribution in [2.75, 3.05) is 57.1 Å². The lowest BCUT2D eigenvalue weighted by atomic mass is 10.2. The number of halogens is 4. The molecular weight excluding hydrogens is 564 g/mol. The van der Waals surface area contributed by atoms with Gasteiger partial charge in [0.2, 0.25) is 0 Å². The molecule has 6 rings (SSSR count). The lowest BCUT2D eigenvalue weighted by Gasteiger charge is -2.34. The molecule has 204 valence electrons. The van der Waals surface area contributed by atoms with E-state index in [1.807, 2.05) is 14.1 Å². The summed E-state index contributed by atoms with van der Waals surface area (Å²) < 4.78 is 0. The highest BCUT2D eigenvalue weighted by Gasteiger charge is 2.16. The van der Waals surface area contributed by atoms with Crippen LogP contribution in [0.4, 0.5) is 11.4 Å². The van der Waals surface area contributed by atoms with Crippen molar-refractivity contribution in [2.45, 2.75) is 0 Å². The van der Waals surface area contributed by atoms with E-state index in [0.717, 1.165) is 71.0 Å². The Labute approximate surface area is 247 Å². The van der Waals surface area contributed by atoms with E-state index in [4.69, 9.17) is 9.97 Å². The molecule has 1 saturated heterocycles. The second-order valence-electron chi connectivity index (χ2n) is 9.34. The van der Waals surface area contributed by atoms with Gasteiger partial charge in [0.15, 0.2) is 0 Å². The molecule has 11 heteroatoms. The summed E-state index contributed by atoms with van der Waals surface area (Å²) in [6.07, 6.45) is 0. The average molecular weight is 597 g/mol. The molecule has 0 saturated carbocycles. The molecule has 38 heavy (non-hydrogen) atoms. The zero-order chi connectivity index (χ0) is 23.2. The van der Waals surface area contributed by atoms with Crippen LogP contribution in [0.2, 0.25) is 0 Å². The van der Waals surface area contributed by atoms with Crippen LogP contribution < -0.4 is 9.80 Å². The summed E-state index contributed by atoms with van der Waals surface area (Å²) in [5, 5.41) is 0. The maximum Gasteiger partial charge on any atom is 0.138 e. The van der Waals surface area contributed by atoms with Crippen LogP contribution >= 0.6 is 49.6 Å². The number of benzene rings is 3. The van der Waals surface area contributed by atoms with E-state index in [9.17, 15) is 0 Å². The molecule has 0 atom stereocenters. The number of imidazole rings is 2. The number of piperazine rings is 1. The number of hydrogen-bond donors (Lipinski definition) is 2. The Morgan fingerprint density at radius 1 is 0.658 bits per heavy atom. The van der Waals surface area contributed by atoms with E-state index in [1.54, 1.807) is 0 Å². The standard InChI is InChI=1S/C27H29N7.4ClH/c1-32(2)20-7-4-18(5-8-20)26-28-22-10-6-19(16-24(22)30-26)27-29-23-11-9-21(17-25(23)31-27)34-14-12-33(3)13-15-34;;;;/h4-11,16-17H,12-15H2,1-3H3,(H,28,30)(H,29,31);4*1H.